The number of anilines is 2. The van der Waals surface area contributed by atoms with Crippen LogP contribution in [0.4, 0.5) is 11.4 Å². The molecule has 0 bridgehead atoms. The third kappa shape index (κ3) is 11.4. The molecule has 2 aromatic rings. The molecule has 2 aromatic heterocycles. The summed E-state index contributed by atoms with van der Waals surface area (Å²) in [6.07, 6.45) is 32.9. The Bertz CT molecular complexity index is 1690. The zero-order valence-electron chi connectivity index (χ0n) is 40.1. The molecule has 7 rings (SSSR count). The van der Waals surface area contributed by atoms with Crippen molar-refractivity contribution in [3.8, 4) is 0 Å². The van der Waals surface area contributed by atoms with Gasteiger partial charge in [0, 0.05) is 74.8 Å². The molecule has 3 saturated carbocycles. The van der Waals surface area contributed by atoms with Gasteiger partial charge in [-0.2, -0.15) is 0 Å². The van der Waals surface area contributed by atoms with Gasteiger partial charge in [-0.25, -0.2) is 0 Å². The van der Waals surface area contributed by atoms with Gasteiger partial charge in [-0.1, -0.05) is 78.4 Å². The van der Waals surface area contributed by atoms with Gasteiger partial charge in [0.1, 0.15) is 0 Å². The Balaban J connectivity index is 0.763. The molecule has 0 amide bonds. The van der Waals surface area contributed by atoms with Gasteiger partial charge in [0.2, 0.25) is 0 Å². The number of aryl methyl sites for hydroxylation is 1. The third-order valence-electron chi connectivity index (χ3n) is 17.5. The van der Waals surface area contributed by atoms with Crippen molar-refractivity contribution in [1.29, 1.82) is 0 Å². The van der Waals surface area contributed by atoms with Crippen LogP contribution in [0.25, 0.3) is 0 Å². The van der Waals surface area contributed by atoms with Gasteiger partial charge in [0.05, 0.1) is 5.69 Å². The van der Waals surface area contributed by atoms with Gasteiger partial charge < -0.3 is 21.3 Å². The van der Waals surface area contributed by atoms with Crippen LogP contribution in [0.15, 0.2) is 48.3 Å². The molecular weight excluding hydrogens is 747 g/mol. The van der Waals surface area contributed by atoms with Crippen LogP contribution in [0.5, 0.6) is 0 Å². The first-order valence-electron chi connectivity index (χ1n) is 25.7. The van der Waals surface area contributed by atoms with Gasteiger partial charge in [-0.05, 0) is 180 Å². The van der Waals surface area contributed by atoms with E-state index >= 15 is 0 Å². The predicted octanol–water partition coefficient (Wildman–Crippen LogP) is 11.8. The van der Waals surface area contributed by atoms with E-state index in [4.69, 9.17) is 10.7 Å². The van der Waals surface area contributed by atoms with Crippen LogP contribution in [-0.2, 0) is 13.0 Å². The topological polar surface area (TPSA) is 82.3 Å². The monoisotopic (exact) mass is 836 g/mol. The molecule has 4 aliphatic carbocycles. The summed E-state index contributed by atoms with van der Waals surface area (Å²) in [4.78, 5) is 14.1. The molecule has 5 aliphatic rings. The van der Waals surface area contributed by atoms with Crippen LogP contribution in [0.2, 0.25) is 0 Å². The van der Waals surface area contributed by atoms with Crippen LogP contribution in [0.1, 0.15) is 168 Å². The summed E-state index contributed by atoms with van der Waals surface area (Å²) in [6.45, 7) is 17.0. The summed E-state index contributed by atoms with van der Waals surface area (Å²) in [5, 5.41) is 7.72. The van der Waals surface area contributed by atoms with E-state index in [0.717, 1.165) is 80.2 Å². The number of hydrogen-bond acceptors (Lipinski definition) is 7. The molecule has 3 heterocycles. The lowest BCUT2D eigenvalue weighted by atomic mass is 9.47. The minimum atomic E-state index is 0.230. The van der Waals surface area contributed by atoms with Crippen molar-refractivity contribution in [3.05, 3.63) is 59.7 Å². The SMILES string of the molecule is CC(C)CCC[C@@H](C)[C@H]1CC[C@H]2[C@@H]3CC=C4C[C@H](NCCCCNc5ccnc(CCCCC[C@H](N)C6CCCN6Cc6cc(N(C)C)ccn6)c5)CCC4(C)[C@H]3CC[C@]12C. The molecule has 4 fully saturated rings. The number of nitrogens with one attached hydrogen (secondary N) is 2. The van der Waals surface area contributed by atoms with Crippen LogP contribution in [-0.4, -0.2) is 66.7 Å². The maximum atomic E-state index is 6.82. The average Bonchev–Trinajstić information content (AvgIpc) is 3.86. The highest BCUT2D eigenvalue weighted by Crippen LogP contribution is 2.67. The minimum Gasteiger partial charge on any atom is -0.385 e. The van der Waals surface area contributed by atoms with Gasteiger partial charge >= 0.3 is 0 Å². The van der Waals surface area contributed by atoms with Crippen LogP contribution >= 0.6 is 0 Å². The molecule has 0 radical (unpaired) electrons. The highest BCUT2D eigenvalue weighted by atomic mass is 15.2. The predicted molar refractivity (Wildman–Crippen MR) is 259 cm³/mol. The van der Waals surface area contributed by atoms with E-state index in [-0.39, 0.29) is 6.04 Å². The van der Waals surface area contributed by atoms with Crippen molar-refractivity contribution in [3.63, 3.8) is 0 Å². The van der Waals surface area contributed by atoms with Crippen LogP contribution < -0.4 is 21.3 Å². The molecule has 340 valence electrons. The second-order valence-electron chi connectivity index (χ2n) is 22.2. The summed E-state index contributed by atoms with van der Waals surface area (Å²) in [5.41, 5.74) is 14.4. The van der Waals surface area contributed by atoms with Crippen molar-refractivity contribution in [2.45, 2.75) is 188 Å². The molecule has 1 saturated heterocycles. The lowest BCUT2D eigenvalue weighted by Gasteiger charge is -2.58. The number of likely N-dealkylation sites (tertiary alicyclic amines) is 1. The van der Waals surface area contributed by atoms with Gasteiger partial charge in [-0.15, -0.1) is 0 Å². The molecular formula is C54H89N7. The van der Waals surface area contributed by atoms with Crippen molar-refractivity contribution in [2.24, 2.45) is 52.1 Å². The number of nitrogens with two attached hydrogens (primary N) is 1. The Hall–Kier alpha value is -2.48. The Morgan fingerprint density at radius 3 is 2.49 bits per heavy atom. The molecule has 10 atom stereocenters. The van der Waals surface area contributed by atoms with E-state index in [1.165, 1.54) is 133 Å². The van der Waals surface area contributed by atoms with Crippen LogP contribution in [0, 0.1) is 46.3 Å². The Morgan fingerprint density at radius 1 is 0.836 bits per heavy atom. The number of rotatable bonds is 22. The molecule has 7 nitrogen and oxygen atoms in total. The molecule has 7 heteroatoms. The van der Waals surface area contributed by atoms with Crippen molar-refractivity contribution in [1.82, 2.24) is 20.2 Å². The number of nitrogens with zero attached hydrogens (tertiary/aromatic N) is 4. The molecule has 0 aromatic carbocycles. The quantitative estimate of drug-likeness (QED) is 0.0805. The highest BCUT2D eigenvalue weighted by molar-refractivity contribution is 5.45. The second-order valence-corrected chi connectivity index (χ2v) is 22.2. The first-order valence-corrected chi connectivity index (χ1v) is 25.7. The molecule has 61 heavy (non-hydrogen) atoms. The zero-order chi connectivity index (χ0) is 43.0. The Labute approximate surface area is 373 Å². The number of pyridine rings is 2. The fourth-order valence-corrected chi connectivity index (χ4v) is 14.0. The highest BCUT2D eigenvalue weighted by Gasteiger charge is 2.59. The number of allylic oxidation sites excluding steroid dienone is 1. The maximum Gasteiger partial charge on any atom is 0.0564 e. The van der Waals surface area contributed by atoms with E-state index in [2.05, 4.69) is 104 Å². The first-order chi connectivity index (χ1) is 29.4. The van der Waals surface area contributed by atoms with E-state index < -0.39 is 0 Å². The normalized spacial score (nSPS) is 31.0. The number of unbranched alkanes of at least 4 members (excludes halogenated alkanes) is 3. The molecule has 1 aliphatic heterocycles. The van der Waals surface area contributed by atoms with E-state index in [9.17, 15) is 0 Å². The lowest BCUT2D eigenvalue weighted by Crippen LogP contribution is -2.51. The number of fused-ring (bicyclic) bond motifs is 5. The maximum absolute atomic E-state index is 6.82. The summed E-state index contributed by atoms with van der Waals surface area (Å²) < 4.78 is 0. The van der Waals surface area contributed by atoms with E-state index in [1.54, 1.807) is 0 Å². The second kappa shape index (κ2) is 21.5. The van der Waals surface area contributed by atoms with E-state index in [0.29, 0.717) is 22.9 Å². The minimum absolute atomic E-state index is 0.230. The smallest absolute Gasteiger partial charge is 0.0564 e. The standard InChI is InChI=1S/C54H89N7/c1-39(2)15-13-16-40(3)48-22-23-49-47-21-20-41-35-43(24-28-53(41,4)50(47)25-29-54(48,49)5)56-30-11-12-31-57-44-26-32-58-42(36-44)17-9-8-10-18-51(55)52-19-14-34-61(52)38-45-37-46(60(6)7)27-33-59-45/h20,26-27,32-33,36-37,39-40,43,47-52,56H,8-19,21-25,28-31,34-35,38,55H2,1-7H3,(H,57,58)/t40-,43-,47+,48-,49+,50+,51+,52?,53?,54-/m1/s1. The average molecular weight is 836 g/mol. The van der Waals surface area contributed by atoms with Crippen LogP contribution in [0.3, 0.4) is 0 Å². The third-order valence-corrected chi connectivity index (χ3v) is 17.5. The molecule has 2 unspecified atom stereocenters. The Morgan fingerprint density at radius 2 is 1.66 bits per heavy atom. The van der Waals surface area contributed by atoms with E-state index in [1.807, 2.05) is 18.0 Å². The fourth-order valence-electron chi connectivity index (χ4n) is 14.0. The zero-order valence-corrected chi connectivity index (χ0v) is 40.1. The Kier molecular flexibility index (Phi) is 16.4. The van der Waals surface area contributed by atoms with Crippen molar-refractivity contribution < 1.29 is 0 Å². The lowest BCUT2D eigenvalue weighted by molar-refractivity contribution is -0.0514. The van der Waals surface area contributed by atoms with Gasteiger partial charge in [0.25, 0.3) is 0 Å². The van der Waals surface area contributed by atoms with Gasteiger partial charge in [-0.3, -0.25) is 14.9 Å². The summed E-state index contributed by atoms with van der Waals surface area (Å²) in [5.74, 6) is 5.50. The number of hydrogen-bond donors (Lipinski definition) is 3. The van der Waals surface area contributed by atoms with Crippen molar-refractivity contribution in [2.75, 3.05) is 43.9 Å². The summed E-state index contributed by atoms with van der Waals surface area (Å²) in [7, 11) is 4.18. The van der Waals surface area contributed by atoms with Gasteiger partial charge in [0.15, 0.2) is 0 Å². The summed E-state index contributed by atoms with van der Waals surface area (Å²) >= 11 is 0. The summed E-state index contributed by atoms with van der Waals surface area (Å²) in [6, 6.07) is 10.0. The van der Waals surface area contributed by atoms with Crippen molar-refractivity contribution >= 4 is 11.4 Å². The largest absolute Gasteiger partial charge is 0.385 e. The fraction of sp³-hybridized carbons (Fsp3) is 0.778. The molecule has 0 spiro atoms. The first kappa shape index (κ1) is 46.5. The number of aromatic nitrogens is 2. The molecule has 4 N–H and O–H groups in total.